The topological polar surface area (TPSA) is 0 Å². The maximum absolute atomic E-state index is 3.86. The minimum Gasteiger partial charge on any atom is -0.0651 e. The molecule has 0 aromatic heterocycles. The van der Waals surface area contributed by atoms with Gasteiger partial charge in [0, 0.05) is 0 Å². The molecule has 0 saturated heterocycles. The molecule has 0 aliphatic heterocycles. The molecule has 0 saturated carbocycles. The van der Waals surface area contributed by atoms with Crippen molar-refractivity contribution in [2.75, 3.05) is 0 Å². The molecule has 1 rings (SSSR count). The maximum atomic E-state index is 3.86. The van der Waals surface area contributed by atoms with Crippen molar-refractivity contribution in [3.05, 3.63) is 42.3 Å². The van der Waals surface area contributed by atoms with Crippen LogP contribution in [0.15, 0.2) is 24.3 Å². The van der Waals surface area contributed by atoms with Gasteiger partial charge in [-0.3, -0.25) is 0 Å². The second kappa shape index (κ2) is 4.30. The summed E-state index contributed by atoms with van der Waals surface area (Å²) < 4.78 is 0. The Bertz CT molecular complexity index is 220. The average Bonchev–Trinajstić information content (AvgIpc) is 2.09. The minimum absolute atomic E-state index is 0.792. The SMILES string of the molecule is [CH2]c1ccc(CC(C)CC)cc1. The molecule has 0 fully saturated rings. The molecule has 0 bridgehead atoms. The first-order chi connectivity index (χ1) is 5.72. The predicted molar refractivity (Wildman–Crippen MR) is 54.1 cm³/mol. The lowest BCUT2D eigenvalue weighted by Crippen LogP contribution is -1.97. The molecule has 1 radical (unpaired) electrons. The van der Waals surface area contributed by atoms with E-state index < -0.39 is 0 Å². The summed E-state index contributed by atoms with van der Waals surface area (Å²) in [7, 11) is 0. The Hall–Kier alpha value is -0.780. The summed E-state index contributed by atoms with van der Waals surface area (Å²) in [4.78, 5) is 0. The first-order valence-corrected chi connectivity index (χ1v) is 4.63. The van der Waals surface area contributed by atoms with Crippen molar-refractivity contribution in [2.45, 2.75) is 26.7 Å². The fourth-order valence-electron chi connectivity index (χ4n) is 1.22. The highest BCUT2D eigenvalue weighted by molar-refractivity contribution is 5.24. The van der Waals surface area contributed by atoms with Gasteiger partial charge in [-0.2, -0.15) is 0 Å². The fraction of sp³-hybridized carbons (Fsp3) is 0.417. The van der Waals surface area contributed by atoms with Crippen LogP contribution in [0.4, 0.5) is 0 Å². The van der Waals surface area contributed by atoms with Crippen LogP contribution in [0.3, 0.4) is 0 Å². The molecular formula is C12H17. The summed E-state index contributed by atoms with van der Waals surface area (Å²) in [5.41, 5.74) is 2.53. The summed E-state index contributed by atoms with van der Waals surface area (Å²) in [6.07, 6.45) is 2.45. The summed E-state index contributed by atoms with van der Waals surface area (Å²) in [6.45, 7) is 8.39. The molecule has 1 aromatic carbocycles. The van der Waals surface area contributed by atoms with E-state index in [1.54, 1.807) is 0 Å². The number of benzene rings is 1. The van der Waals surface area contributed by atoms with Gasteiger partial charge in [0.1, 0.15) is 0 Å². The zero-order valence-corrected chi connectivity index (χ0v) is 8.01. The molecule has 0 nitrogen and oxygen atoms in total. The fourth-order valence-corrected chi connectivity index (χ4v) is 1.22. The third-order valence-corrected chi connectivity index (χ3v) is 2.30. The van der Waals surface area contributed by atoms with E-state index in [-0.39, 0.29) is 0 Å². The molecule has 1 atom stereocenters. The second-order valence-corrected chi connectivity index (χ2v) is 3.53. The zero-order valence-electron chi connectivity index (χ0n) is 8.01. The van der Waals surface area contributed by atoms with Crippen LogP contribution in [0.2, 0.25) is 0 Å². The van der Waals surface area contributed by atoms with Crippen LogP contribution < -0.4 is 0 Å². The van der Waals surface area contributed by atoms with Crippen molar-refractivity contribution in [1.29, 1.82) is 0 Å². The Balaban J connectivity index is 2.58. The van der Waals surface area contributed by atoms with E-state index >= 15 is 0 Å². The van der Waals surface area contributed by atoms with E-state index in [9.17, 15) is 0 Å². The minimum atomic E-state index is 0.792. The van der Waals surface area contributed by atoms with Crippen LogP contribution in [0.25, 0.3) is 0 Å². The van der Waals surface area contributed by atoms with Gasteiger partial charge in [0.2, 0.25) is 0 Å². The summed E-state index contributed by atoms with van der Waals surface area (Å²) in [6, 6.07) is 8.51. The Morgan fingerprint density at radius 1 is 1.25 bits per heavy atom. The molecule has 65 valence electrons. The Kier molecular flexibility index (Phi) is 3.33. The molecule has 12 heavy (non-hydrogen) atoms. The lowest BCUT2D eigenvalue weighted by Gasteiger charge is -2.07. The van der Waals surface area contributed by atoms with Gasteiger partial charge in [-0.15, -0.1) is 0 Å². The molecule has 0 spiro atoms. The normalized spacial score (nSPS) is 12.9. The van der Waals surface area contributed by atoms with E-state index in [4.69, 9.17) is 0 Å². The number of hydrogen-bond acceptors (Lipinski definition) is 0. The van der Waals surface area contributed by atoms with Gasteiger partial charge >= 0.3 is 0 Å². The van der Waals surface area contributed by atoms with Gasteiger partial charge in [0.15, 0.2) is 0 Å². The molecule has 0 heterocycles. The highest BCUT2D eigenvalue weighted by Crippen LogP contribution is 2.11. The average molecular weight is 161 g/mol. The molecular weight excluding hydrogens is 144 g/mol. The van der Waals surface area contributed by atoms with E-state index in [1.165, 1.54) is 18.4 Å². The molecule has 0 aliphatic rings. The van der Waals surface area contributed by atoms with Crippen molar-refractivity contribution in [3.8, 4) is 0 Å². The van der Waals surface area contributed by atoms with Gasteiger partial charge < -0.3 is 0 Å². The summed E-state index contributed by atoms with van der Waals surface area (Å²) in [5.74, 6) is 0.792. The van der Waals surface area contributed by atoms with Crippen LogP contribution in [0.5, 0.6) is 0 Å². The summed E-state index contributed by atoms with van der Waals surface area (Å²) in [5, 5.41) is 0. The van der Waals surface area contributed by atoms with Crippen molar-refractivity contribution < 1.29 is 0 Å². The Morgan fingerprint density at radius 2 is 1.83 bits per heavy atom. The van der Waals surface area contributed by atoms with Crippen LogP contribution >= 0.6 is 0 Å². The van der Waals surface area contributed by atoms with Crippen LogP contribution in [0, 0.1) is 12.8 Å². The van der Waals surface area contributed by atoms with Crippen LogP contribution in [-0.2, 0) is 6.42 Å². The molecule has 0 N–H and O–H groups in total. The van der Waals surface area contributed by atoms with E-state index in [0.717, 1.165) is 11.5 Å². The number of rotatable bonds is 3. The zero-order chi connectivity index (χ0) is 8.97. The van der Waals surface area contributed by atoms with Crippen LogP contribution in [0.1, 0.15) is 31.4 Å². The molecule has 0 amide bonds. The lowest BCUT2D eigenvalue weighted by molar-refractivity contribution is 0.560. The first kappa shape index (κ1) is 9.31. The van der Waals surface area contributed by atoms with Gasteiger partial charge in [-0.1, -0.05) is 44.5 Å². The van der Waals surface area contributed by atoms with Crippen molar-refractivity contribution >= 4 is 0 Å². The van der Waals surface area contributed by atoms with Gasteiger partial charge in [-0.05, 0) is 30.4 Å². The second-order valence-electron chi connectivity index (χ2n) is 3.53. The van der Waals surface area contributed by atoms with E-state index in [1.807, 2.05) is 0 Å². The van der Waals surface area contributed by atoms with E-state index in [2.05, 4.69) is 45.0 Å². The highest BCUT2D eigenvalue weighted by Gasteiger charge is 1.99. The molecule has 0 heteroatoms. The van der Waals surface area contributed by atoms with E-state index in [0.29, 0.717) is 0 Å². The Morgan fingerprint density at radius 3 is 2.33 bits per heavy atom. The molecule has 0 aliphatic carbocycles. The van der Waals surface area contributed by atoms with Crippen molar-refractivity contribution in [2.24, 2.45) is 5.92 Å². The molecule has 1 aromatic rings. The third-order valence-electron chi connectivity index (χ3n) is 2.30. The smallest absolute Gasteiger partial charge is 0.0238 e. The lowest BCUT2D eigenvalue weighted by atomic mass is 9.98. The quantitative estimate of drug-likeness (QED) is 0.637. The van der Waals surface area contributed by atoms with Crippen molar-refractivity contribution in [3.63, 3.8) is 0 Å². The standard InChI is InChI=1S/C12H17/c1-4-10(2)9-12-7-5-11(3)6-8-12/h5-8,10H,3-4,9H2,1-2H3. The predicted octanol–water partition coefficient (Wildman–Crippen LogP) is 3.46. The third kappa shape index (κ3) is 2.69. The highest BCUT2D eigenvalue weighted by atomic mass is 14.0. The number of hydrogen-bond donors (Lipinski definition) is 0. The largest absolute Gasteiger partial charge is 0.0651 e. The van der Waals surface area contributed by atoms with Crippen LogP contribution in [-0.4, -0.2) is 0 Å². The van der Waals surface area contributed by atoms with Gasteiger partial charge in [0.25, 0.3) is 0 Å². The van der Waals surface area contributed by atoms with Gasteiger partial charge in [-0.25, -0.2) is 0 Å². The first-order valence-electron chi connectivity index (χ1n) is 4.63. The van der Waals surface area contributed by atoms with Crippen molar-refractivity contribution in [1.82, 2.24) is 0 Å². The monoisotopic (exact) mass is 161 g/mol. The maximum Gasteiger partial charge on any atom is -0.0238 e. The molecule has 1 unspecified atom stereocenters. The Labute approximate surface area is 75.6 Å². The van der Waals surface area contributed by atoms with Gasteiger partial charge in [0.05, 0.1) is 0 Å². The summed E-state index contributed by atoms with van der Waals surface area (Å²) >= 11 is 0.